The number of carbonyl (C=O) groups is 2. The summed E-state index contributed by atoms with van der Waals surface area (Å²) in [6, 6.07) is 12.0. The minimum Gasteiger partial charge on any atom is -0.456 e. The molecule has 0 bridgehead atoms. The van der Waals surface area contributed by atoms with Crippen LogP contribution in [0.25, 0.3) is 10.2 Å². The van der Waals surface area contributed by atoms with Gasteiger partial charge in [0.05, 0.1) is 15.1 Å². The number of para-hydroxylation sites is 1. The Hall–Kier alpha value is -2.98. The first-order chi connectivity index (χ1) is 14.4. The molecule has 156 valence electrons. The fraction of sp³-hybridized carbons (Fsp3) is 0.250. The van der Waals surface area contributed by atoms with Gasteiger partial charge < -0.3 is 10.1 Å². The van der Waals surface area contributed by atoms with Gasteiger partial charge in [-0.25, -0.2) is 4.98 Å². The number of amides is 1. The molecule has 1 amide bonds. The minimum atomic E-state index is -0.504. The molecular weight excluding hydrogens is 426 g/mol. The smallest absolute Gasteiger partial charge is 0.306 e. The molecular formula is C20H19N3O5S2. The van der Waals surface area contributed by atoms with Crippen molar-refractivity contribution in [3.05, 3.63) is 58.1 Å². The Balaban J connectivity index is 1.36. The highest BCUT2D eigenvalue weighted by atomic mass is 32.2. The van der Waals surface area contributed by atoms with Crippen molar-refractivity contribution in [3.8, 4) is 0 Å². The van der Waals surface area contributed by atoms with Crippen LogP contribution in [0, 0.1) is 17.0 Å². The van der Waals surface area contributed by atoms with Gasteiger partial charge >= 0.3 is 5.97 Å². The van der Waals surface area contributed by atoms with Gasteiger partial charge in [0.25, 0.3) is 11.6 Å². The highest BCUT2D eigenvalue weighted by Gasteiger charge is 2.12. The Bertz CT molecular complexity index is 1050. The average Bonchev–Trinajstić information content (AvgIpc) is 3.14. The maximum absolute atomic E-state index is 12.0. The van der Waals surface area contributed by atoms with Crippen molar-refractivity contribution in [2.75, 3.05) is 17.7 Å². The number of benzene rings is 2. The van der Waals surface area contributed by atoms with Crippen LogP contribution in [0.4, 0.5) is 11.4 Å². The van der Waals surface area contributed by atoms with E-state index in [1.54, 1.807) is 30.0 Å². The lowest BCUT2D eigenvalue weighted by molar-refractivity contribution is -0.384. The summed E-state index contributed by atoms with van der Waals surface area (Å²) in [7, 11) is 0. The number of non-ortho nitro benzene ring substituents is 1. The second-order valence-corrected chi connectivity index (χ2v) is 8.74. The van der Waals surface area contributed by atoms with Crippen LogP contribution in [0.3, 0.4) is 0 Å². The molecule has 0 saturated carbocycles. The van der Waals surface area contributed by atoms with E-state index >= 15 is 0 Å². The average molecular weight is 446 g/mol. The first-order valence-corrected chi connectivity index (χ1v) is 10.9. The third kappa shape index (κ3) is 6.01. The number of carbonyl (C=O) groups excluding carboxylic acids is 2. The van der Waals surface area contributed by atoms with E-state index in [1.807, 2.05) is 24.3 Å². The maximum atomic E-state index is 12.0. The van der Waals surface area contributed by atoms with Gasteiger partial charge in [-0.1, -0.05) is 23.9 Å². The van der Waals surface area contributed by atoms with Gasteiger partial charge in [0, 0.05) is 30.0 Å². The van der Waals surface area contributed by atoms with Crippen molar-refractivity contribution >= 4 is 56.6 Å². The minimum absolute atomic E-state index is 0.0550. The highest BCUT2D eigenvalue weighted by Crippen LogP contribution is 2.29. The van der Waals surface area contributed by atoms with E-state index < -0.39 is 23.4 Å². The van der Waals surface area contributed by atoms with Crippen LogP contribution in [0.15, 0.2) is 46.8 Å². The van der Waals surface area contributed by atoms with Crippen LogP contribution in [-0.4, -0.2) is 34.1 Å². The van der Waals surface area contributed by atoms with E-state index in [4.69, 9.17) is 4.74 Å². The second kappa shape index (κ2) is 10.2. The monoisotopic (exact) mass is 445 g/mol. The number of aryl methyl sites for hydroxylation is 1. The summed E-state index contributed by atoms with van der Waals surface area (Å²) in [5.74, 6) is -0.219. The number of nitrogens with one attached hydrogen (secondary N) is 1. The Morgan fingerprint density at radius 3 is 2.80 bits per heavy atom. The van der Waals surface area contributed by atoms with Gasteiger partial charge in [-0.3, -0.25) is 19.7 Å². The number of fused-ring (bicyclic) bond motifs is 1. The SMILES string of the molecule is Cc1cc([N+](=O)[O-])ccc1NC(=O)COC(=O)CCCSc1nc2ccccc2s1. The molecule has 3 rings (SSSR count). The van der Waals surface area contributed by atoms with Crippen LogP contribution in [0.2, 0.25) is 0 Å². The second-order valence-electron chi connectivity index (χ2n) is 6.36. The number of rotatable bonds is 9. The quantitative estimate of drug-likeness (QED) is 0.169. The Labute approximate surface area is 180 Å². The standard InChI is InChI=1S/C20H19N3O5S2/c1-13-11-14(23(26)27)8-9-15(13)21-18(24)12-28-19(25)7-4-10-29-20-22-16-5-2-3-6-17(16)30-20/h2-3,5-6,8-9,11H,4,7,10,12H2,1H3,(H,21,24). The van der Waals surface area contributed by atoms with Crippen LogP contribution in [0.1, 0.15) is 18.4 Å². The molecule has 30 heavy (non-hydrogen) atoms. The van der Waals surface area contributed by atoms with E-state index in [-0.39, 0.29) is 12.1 Å². The molecule has 0 aliphatic heterocycles. The number of esters is 1. The molecule has 0 fully saturated rings. The zero-order valence-corrected chi connectivity index (χ0v) is 17.8. The summed E-state index contributed by atoms with van der Waals surface area (Å²) < 4.78 is 7.09. The fourth-order valence-corrected chi connectivity index (χ4v) is 4.67. The molecule has 0 atom stereocenters. The summed E-state index contributed by atoms with van der Waals surface area (Å²) in [5.41, 5.74) is 1.91. The molecule has 0 aliphatic rings. The van der Waals surface area contributed by atoms with E-state index in [9.17, 15) is 19.7 Å². The van der Waals surface area contributed by atoms with Gasteiger partial charge in [0.2, 0.25) is 0 Å². The molecule has 3 aromatic rings. The van der Waals surface area contributed by atoms with E-state index in [2.05, 4.69) is 10.3 Å². The maximum Gasteiger partial charge on any atom is 0.306 e. The number of anilines is 1. The molecule has 0 unspecified atom stereocenters. The van der Waals surface area contributed by atoms with Crippen molar-refractivity contribution in [3.63, 3.8) is 0 Å². The molecule has 0 spiro atoms. The van der Waals surface area contributed by atoms with Gasteiger partial charge in [0.1, 0.15) is 0 Å². The molecule has 0 radical (unpaired) electrons. The summed E-state index contributed by atoms with van der Waals surface area (Å²) in [6.45, 7) is 1.25. The summed E-state index contributed by atoms with van der Waals surface area (Å²) in [4.78, 5) is 38.6. The van der Waals surface area contributed by atoms with Crippen LogP contribution < -0.4 is 5.32 Å². The number of ether oxygens (including phenoxy) is 1. The zero-order chi connectivity index (χ0) is 21.5. The van der Waals surface area contributed by atoms with Crippen LogP contribution in [0.5, 0.6) is 0 Å². The zero-order valence-electron chi connectivity index (χ0n) is 16.1. The predicted molar refractivity (Wildman–Crippen MR) is 117 cm³/mol. The lowest BCUT2D eigenvalue weighted by Gasteiger charge is -2.09. The Morgan fingerprint density at radius 1 is 1.27 bits per heavy atom. The number of thiazole rings is 1. The summed E-state index contributed by atoms with van der Waals surface area (Å²) in [6.07, 6.45) is 0.824. The molecule has 1 heterocycles. The van der Waals surface area contributed by atoms with Crippen LogP contribution >= 0.6 is 23.1 Å². The summed E-state index contributed by atoms with van der Waals surface area (Å²) in [5, 5.41) is 13.3. The lowest BCUT2D eigenvalue weighted by atomic mass is 10.2. The number of nitro benzene ring substituents is 1. The molecule has 1 aromatic heterocycles. The van der Waals surface area contributed by atoms with Crippen molar-refractivity contribution in [1.29, 1.82) is 0 Å². The topological polar surface area (TPSA) is 111 Å². The van der Waals surface area contributed by atoms with Crippen molar-refractivity contribution in [1.82, 2.24) is 4.98 Å². The molecule has 2 aromatic carbocycles. The molecule has 0 saturated heterocycles. The van der Waals surface area contributed by atoms with Gasteiger partial charge in [-0.15, -0.1) is 11.3 Å². The number of hydrogen-bond donors (Lipinski definition) is 1. The fourth-order valence-electron chi connectivity index (χ4n) is 2.59. The third-order valence-corrected chi connectivity index (χ3v) is 6.35. The predicted octanol–water partition coefficient (Wildman–Crippen LogP) is 4.57. The molecule has 0 aliphatic carbocycles. The Kier molecular flexibility index (Phi) is 7.36. The normalized spacial score (nSPS) is 10.7. The van der Waals surface area contributed by atoms with Gasteiger partial charge in [0.15, 0.2) is 10.9 Å². The van der Waals surface area contributed by atoms with Crippen molar-refractivity contribution < 1.29 is 19.2 Å². The van der Waals surface area contributed by atoms with E-state index in [1.165, 1.54) is 18.2 Å². The first kappa shape index (κ1) is 21.7. The number of nitro groups is 1. The van der Waals surface area contributed by atoms with Gasteiger partial charge in [-0.2, -0.15) is 0 Å². The number of nitrogens with zero attached hydrogens (tertiary/aromatic N) is 2. The largest absolute Gasteiger partial charge is 0.456 e. The van der Waals surface area contributed by atoms with Crippen molar-refractivity contribution in [2.24, 2.45) is 0 Å². The Morgan fingerprint density at radius 2 is 2.07 bits per heavy atom. The van der Waals surface area contributed by atoms with Crippen LogP contribution in [-0.2, 0) is 14.3 Å². The number of hydrogen-bond acceptors (Lipinski definition) is 8. The van der Waals surface area contributed by atoms with E-state index in [0.717, 1.165) is 20.3 Å². The number of thioether (sulfide) groups is 1. The summed E-state index contributed by atoms with van der Waals surface area (Å²) >= 11 is 3.21. The van der Waals surface area contributed by atoms with E-state index in [0.29, 0.717) is 17.7 Å². The van der Waals surface area contributed by atoms with Crippen molar-refractivity contribution in [2.45, 2.75) is 24.1 Å². The number of aromatic nitrogens is 1. The lowest BCUT2D eigenvalue weighted by Crippen LogP contribution is -2.21. The molecule has 10 heteroatoms. The molecule has 8 nitrogen and oxygen atoms in total. The first-order valence-electron chi connectivity index (χ1n) is 9.11. The van der Waals surface area contributed by atoms with Gasteiger partial charge in [-0.05, 0) is 37.1 Å². The third-order valence-electron chi connectivity index (χ3n) is 4.08. The molecule has 1 N–H and O–H groups in total. The highest BCUT2D eigenvalue weighted by molar-refractivity contribution is 8.01.